The molecule has 18 heavy (non-hydrogen) atoms. The normalized spacial score (nSPS) is 23.4. The molecule has 100 valence electrons. The zero-order valence-corrected chi connectivity index (χ0v) is 11.7. The molecule has 0 aliphatic carbocycles. The van der Waals surface area contributed by atoms with Gasteiger partial charge in [0.25, 0.3) is 0 Å². The van der Waals surface area contributed by atoms with E-state index in [1.54, 1.807) is 19.2 Å². The van der Waals surface area contributed by atoms with Crippen molar-refractivity contribution >= 4 is 11.6 Å². The van der Waals surface area contributed by atoms with Gasteiger partial charge in [0.15, 0.2) is 0 Å². The van der Waals surface area contributed by atoms with Crippen molar-refractivity contribution in [3.05, 3.63) is 28.8 Å². The number of methoxy groups -OCH3 is 1. The zero-order valence-electron chi connectivity index (χ0n) is 10.9. The SMILES string of the molecule is COC(C)(C)CC1CC(O)c2cc(Cl)ccc2O1. The standard InChI is InChI=1S/C14H19ClO3/c1-14(2,17-3)8-10-7-12(16)11-6-9(15)4-5-13(11)18-10/h4-6,10,12,16H,7-8H2,1-3H3. The molecule has 4 heteroatoms. The summed E-state index contributed by atoms with van der Waals surface area (Å²) in [5.41, 5.74) is 0.517. The second kappa shape index (κ2) is 5.08. The third-order valence-electron chi connectivity index (χ3n) is 3.38. The lowest BCUT2D eigenvalue weighted by Crippen LogP contribution is -2.35. The second-order valence-corrected chi connectivity index (χ2v) is 5.78. The summed E-state index contributed by atoms with van der Waals surface area (Å²) in [6, 6.07) is 5.35. The molecular weight excluding hydrogens is 252 g/mol. The highest BCUT2D eigenvalue weighted by atomic mass is 35.5. The maximum atomic E-state index is 10.1. The summed E-state index contributed by atoms with van der Waals surface area (Å²) in [4.78, 5) is 0. The van der Waals surface area contributed by atoms with Crippen molar-refractivity contribution in [3.8, 4) is 5.75 Å². The quantitative estimate of drug-likeness (QED) is 0.916. The summed E-state index contributed by atoms with van der Waals surface area (Å²) in [5.74, 6) is 0.718. The third kappa shape index (κ3) is 2.97. The molecule has 0 spiro atoms. The van der Waals surface area contributed by atoms with Crippen LogP contribution in [0.4, 0.5) is 0 Å². The number of hydrogen-bond acceptors (Lipinski definition) is 3. The van der Waals surface area contributed by atoms with Crippen molar-refractivity contribution in [3.63, 3.8) is 0 Å². The van der Waals surface area contributed by atoms with Gasteiger partial charge in [-0.2, -0.15) is 0 Å². The molecule has 0 bridgehead atoms. The summed E-state index contributed by atoms with van der Waals surface area (Å²) >= 11 is 5.92. The summed E-state index contributed by atoms with van der Waals surface area (Å²) in [7, 11) is 1.69. The molecule has 0 saturated carbocycles. The first-order valence-corrected chi connectivity index (χ1v) is 6.48. The Kier molecular flexibility index (Phi) is 3.85. The molecule has 2 rings (SSSR count). The lowest BCUT2D eigenvalue weighted by atomic mass is 9.92. The largest absolute Gasteiger partial charge is 0.490 e. The van der Waals surface area contributed by atoms with Crippen LogP contribution in [0, 0.1) is 0 Å². The average molecular weight is 271 g/mol. The van der Waals surface area contributed by atoms with Crippen molar-refractivity contribution in [2.75, 3.05) is 7.11 Å². The van der Waals surface area contributed by atoms with Crippen molar-refractivity contribution in [1.29, 1.82) is 0 Å². The number of benzene rings is 1. The Bertz CT molecular complexity index is 431. The molecule has 1 aromatic carbocycles. The van der Waals surface area contributed by atoms with Gasteiger partial charge in [-0.25, -0.2) is 0 Å². The first-order chi connectivity index (χ1) is 8.41. The number of aliphatic hydroxyl groups is 1. The fourth-order valence-corrected chi connectivity index (χ4v) is 2.43. The molecule has 0 amide bonds. The third-order valence-corrected chi connectivity index (χ3v) is 3.62. The molecule has 1 N–H and O–H groups in total. The minimum atomic E-state index is -0.523. The fraction of sp³-hybridized carbons (Fsp3) is 0.571. The lowest BCUT2D eigenvalue weighted by Gasteiger charge is -2.34. The number of hydrogen-bond donors (Lipinski definition) is 1. The van der Waals surface area contributed by atoms with Crippen LogP contribution in [0.2, 0.25) is 5.02 Å². The van der Waals surface area contributed by atoms with Gasteiger partial charge in [-0.3, -0.25) is 0 Å². The Labute approximate surface area is 113 Å². The predicted molar refractivity (Wildman–Crippen MR) is 71.1 cm³/mol. The Morgan fingerprint density at radius 3 is 2.89 bits per heavy atom. The van der Waals surface area contributed by atoms with Gasteiger partial charge in [-0.1, -0.05) is 11.6 Å². The molecular formula is C14H19ClO3. The van der Waals surface area contributed by atoms with E-state index in [4.69, 9.17) is 21.1 Å². The average Bonchev–Trinajstić information content (AvgIpc) is 2.30. The zero-order chi connectivity index (χ0) is 13.3. The Morgan fingerprint density at radius 2 is 2.22 bits per heavy atom. The topological polar surface area (TPSA) is 38.7 Å². The number of fused-ring (bicyclic) bond motifs is 1. The van der Waals surface area contributed by atoms with Crippen LogP contribution < -0.4 is 4.74 Å². The monoisotopic (exact) mass is 270 g/mol. The molecule has 0 fully saturated rings. The highest BCUT2D eigenvalue weighted by molar-refractivity contribution is 6.30. The predicted octanol–water partition coefficient (Wildman–Crippen LogP) is 3.34. The molecule has 1 heterocycles. The van der Waals surface area contributed by atoms with Gasteiger partial charge >= 0.3 is 0 Å². The van der Waals surface area contributed by atoms with Crippen molar-refractivity contribution < 1.29 is 14.6 Å². The van der Waals surface area contributed by atoms with Crippen LogP contribution in [-0.4, -0.2) is 23.9 Å². The minimum absolute atomic E-state index is 0.0383. The Balaban J connectivity index is 2.16. The summed E-state index contributed by atoms with van der Waals surface area (Å²) in [6.45, 7) is 4.03. The van der Waals surface area contributed by atoms with E-state index in [1.807, 2.05) is 19.9 Å². The molecule has 1 aliphatic heterocycles. The summed E-state index contributed by atoms with van der Waals surface area (Å²) < 4.78 is 11.3. The number of halogens is 1. The van der Waals surface area contributed by atoms with Gasteiger partial charge in [-0.05, 0) is 32.0 Å². The number of rotatable bonds is 3. The van der Waals surface area contributed by atoms with E-state index in [-0.39, 0.29) is 11.7 Å². The van der Waals surface area contributed by atoms with E-state index >= 15 is 0 Å². The van der Waals surface area contributed by atoms with Crippen molar-refractivity contribution in [2.45, 2.75) is 44.5 Å². The molecule has 0 aromatic heterocycles. The summed E-state index contributed by atoms with van der Waals surface area (Å²) in [5, 5.41) is 10.8. The molecule has 0 radical (unpaired) electrons. The van der Waals surface area contributed by atoms with Gasteiger partial charge in [0.2, 0.25) is 0 Å². The van der Waals surface area contributed by atoms with Gasteiger partial charge in [-0.15, -0.1) is 0 Å². The van der Waals surface area contributed by atoms with E-state index in [0.29, 0.717) is 11.4 Å². The van der Waals surface area contributed by atoms with Crippen molar-refractivity contribution in [2.24, 2.45) is 0 Å². The van der Waals surface area contributed by atoms with E-state index in [2.05, 4.69) is 0 Å². The van der Waals surface area contributed by atoms with E-state index in [9.17, 15) is 5.11 Å². The molecule has 3 nitrogen and oxygen atoms in total. The maximum absolute atomic E-state index is 10.1. The first-order valence-electron chi connectivity index (χ1n) is 6.10. The lowest BCUT2D eigenvalue weighted by molar-refractivity contribution is -0.0311. The highest BCUT2D eigenvalue weighted by Gasteiger charge is 2.31. The van der Waals surface area contributed by atoms with Crippen LogP contribution in [0.3, 0.4) is 0 Å². The van der Waals surface area contributed by atoms with Crippen LogP contribution in [0.1, 0.15) is 38.4 Å². The smallest absolute Gasteiger partial charge is 0.125 e. The highest BCUT2D eigenvalue weighted by Crippen LogP contribution is 2.38. The van der Waals surface area contributed by atoms with Gasteiger partial charge in [0.1, 0.15) is 11.9 Å². The number of ether oxygens (including phenoxy) is 2. The van der Waals surface area contributed by atoms with E-state index in [1.165, 1.54) is 0 Å². The summed E-state index contributed by atoms with van der Waals surface area (Å²) in [6.07, 6.45) is 0.747. The van der Waals surface area contributed by atoms with Gasteiger partial charge in [0, 0.05) is 30.5 Å². The van der Waals surface area contributed by atoms with Crippen LogP contribution in [0.15, 0.2) is 18.2 Å². The fourth-order valence-electron chi connectivity index (χ4n) is 2.25. The molecule has 0 saturated heterocycles. The maximum Gasteiger partial charge on any atom is 0.125 e. The second-order valence-electron chi connectivity index (χ2n) is 5.34. The van der Waals surface area contributed by atoms with Crippen LogP contribution >= 0.6 is 11.6 Å². The van der Waals surface area contributed by atoms with E-state index < -0.39 is 6.10 Å². The van der Waals surface area contributed by atoms with Crippen LogP contribution in [0.25, 0.3) is 0 Å². The molecule has 1 aliphatic rings. The Morgan fingerprint density at radius 1 is 1.50 bits per heavy atom. The Hall–Kier alpha value is -0.770. The van der Waals surface area contributed by atoms with Crippen molar-refractivity contribution in [1.82, 2.24) is 0 Å². The van der Waals surface area contributed by atoms with E-state index in [0.717, 1.165) is 17.7 Å². The molecule has 2 unspecified atom stereocenters. The minimum Gasteiger partial charge on any atom is -0.490 e. The first kappa shape index (κ1) is 13.7. The molecule has 2 atom stereocenters. The van der Waals surface area contributed by atoms with Crippen LogP contribution in [0.5, 0.6) is 5.75 Å². The molecule has 1 aromatic rings. The van der Waals surface area contributed by atoms with Gasteiger partial charge in [0.05, 0.1) is 11.7 Å². The number of aliphatic hydroxyl groups excluding tert-OH is 1. The van der Waals surface area contributed by atoms with Crippen LogP contribution in [-0.2, 0) is 4.74 Å². The van der Waals surface area contributed by atoms with Gasteiger partial charge < -0.3 is 14.6 Å².